The summed E-state index contributed by atoms with van der Waals surface area (Å²) in [5.74, 6) is -1.93. The second-order valence-corrected chi connectivity index (χ2v) is 4.68. The van der Waals surface area contributed by atoms with Crippen molar-refractivity contribution in [1.29, 1.82) is 0 Å². The van der Waals surface area contributed by atoms with Gasteiger partial charge in [-0.05, 0) is 0 Å². The summed E-state index contributed by atoms with van der Waals surface area (Å²) < 4.78 is 19.1. The Morgan fingerprint density at radius 2 is 2.05 bits per heavy atom. The Labute approximate surface area is 121 Å². The number of carboxylic acids is 1. The Morgan fingerprint density at radius 3 is 2.55 bits per heavy atom. The second-order valence-electron chi connectivity index (χ2n) is 4.68. The monoisotopic (exact) mass is 320 g/mol. The van der Waals surface area contributed by atoms with Gasteiger partial charge in [0.05, 0.1) is 12.2 Å². The molecule has 1 aliphatic heterocycles. The first-order chi connectivity index (χ1) is 10.3. The number of rotatable bonds is 4. The minimum absolute atomic E-state index is 0.551. The lowest BCUT2D eigenvalue weighted by Crippen LogP contribution is -2.39. The maximum atomic E-state index is 13.5. The van der Waals surface area contributed by atoms with Crippen LogP contribution in [-0.4, -0.2) is 60.9 Å². The number of hydrogen-bond donors (Lipinski definition) is 5. The van der Waals surface area contributed by atoms with Gasteiger partial charge in [0.1, 0.15) is 18.3 Å². The fourth-order valence-corrected chi connectivity index (χ4v) is 2.11. The van der Waals surface area contributed by atoms with Gasteiger partial charge in [-0.2, -0.15) is 0 Å². The van der Waals surface area contributed by atoms with E-state index < -0.39 is 60.1 Å². The first-order valence-electron chi connectivity index (χ1n) is 6.12. The minimum Gasteiger partial charge on any atom is -0.479 e. The van der Waals surface area contributed by atoms with Crippen molar-refractivity contribution in [3.8, 4) is 0 Å². The van der Waals surface area contributed by atoms with Gasteiger partial charge in [0.25, 0.3) is 5.56 Å². The van der Waals surface area contributed by atoms with E-state index in [2.05, 4.69) is 0 Å². The number of aromatic amines is 1. The van der Waals surface area contributed by atoms with Crippen molar-refractivity contribution in [1.82, 2.24) is 9.55 Å². The van der Waals surface area contributed by atoms with E-state index in [1.54, 1.807) is 4.98 Å². The molecule has 5 N–H and O–H groups in total. The highest BCUT2D eigenvalue weighted by molar-refractivity contribution is 5.73. The molecule has 1 aliphatic rings. The average Bonchev–Trinajstić information content (AvgIpc) is 2.74. The molecule has 0 saturated carbocycles. The fraction of sp³-hybridized carbons (Fsp3) is 0.545. The van der Waals surface area contributed by atoms with E-state index in [-0.39, 0.29) is 0 Å². The summed E-state index contributed by atoms with van der Waals surface area (Å²) in [6, 6.07) is 0. The molecule has 0 bridgehead atoms. The van der Waals surface area contributed by atoms with Gasteiger partial charge < -0.3 is 25.2 Å². The Balaban J connectivity index is 2.48. The molecule has 22 heavy (non-hydrogen) atoms. The number of hydrogen-bond acceptors (Lipinski definition) is 7. The van der Waals surface area contributed by atoms with Crippen LogP contribution >= 0.6 is 0 Å². The molecular formula is C11H13FN2O8. The Kier molecular flexibility index (Phi) is 4.42. The molecule has 11 heteroatoms. The van der Waals surface area contributed by atoms with Crippen LogP contribution in [0.3, 0.4) is 0 Å². The second kappa shape index (κ2) is 5.96. The van der Waals surface area contributed by atoms with E-state index in [1.165, 1.54) is 0 Å². The van der Waals surface area contributed by atoms with Crippen molar-refractivity contribution < 1.29 is 34.3 Å². The Hall–Kier alpha value is -2.08. The molecule has 1 aromatic heterocycles. The number of H-pyrrole nitrogens is 1. The Bertz CT molecular complexity index is 685. The first kappa shape index (κ1) is 16.3. The van der Waals surface area contributed by atoms with Crippen LogP contribution in [0.25, 0.3) is 0 Å². The van der Waals surface area contributed by atoms with E-state index in [4.69, 9.17) is 14.9 Å². The molecule has 1 saturated heterocycles. The molecule has 1 fully saturated rings. The highest BCUT2D eigenvalue weighted by Crippen LogP contribution is 2.28. The maximum absolute atomic E-state index is 13.5. The summed E-state index contributed by atoms with van der Waals surface area (Å²) in [6.45, 7) is -0.652. The number of ether oxygens (including phenoxy) is 1. The highest BCUT2D eigenvalue weighted by Gasteiger charge is 2.44. The standard InChI is InChI=1S/C11H13FN2O8/c12-5(10(19)20)3-1-14(11(21)13-8(3)18)9-7(17)6(16)4(2-15)22-9/h1,4-7,9,15-17H,2H2,(H,19,20)(H,13,18,21)/t4-,5?,6-,7-,9-/m1/s1. The topological polar surface area (TPSA) is 162 Å². The molecule has 2 rings (SSSR count). The molecule has 1 unspecified atom stereocenters. The van der Waals surface area contributed by atoms with Crippen molar-refractivity contribution in [3.05, 3.63) is 32.6 Å². The largest absolute Gasteiger partial charge is 0.479 e. The number of aromatic nitrogens is 2. The predicted molar refractivity (Wildman–Crippen MR) is 65.8 cm³/mol. The number of aliphatic hydroxyl groups is 3. The molecule has 10 nitrogen and oxygen atoms in total. The molecular weight excluding hydrogens is 307 g/mol. The summed E-state index contributed by atoms with van der Waals surface area (Å²) in [4.78, 5) is 35.5. The number of nitrogens with zero attached hydrogens (tertiary/aromatic N) is 1. The van der Waals surface area contributed by atoms with Crippen LogP contribution in [0.5, 0.6) is 0 Å². The summed E-state index contributed by atoms with van der Waals surface area (Å²) in [5.41, 5.74) is -3.20. The first-order valence-corrected chi connectivity index (χ1v) is 6.12. The zero-order chi connectivity index (χ0) is 16.6. The summed E-state index contributed by atoms with van der Waals surface area (Å²) in [7, 11) is 0. The number of aliphatic hydroxyl groups excluding tert-OH is 3. The van der Waals surface area contributed by atoms with Gasteiger partial charge in [-0.15, -0.1) is 0 Å². The summed E-state index contributed by atoms with van der Waals surface area (Å²) in [6.07, 6.45) is -7.96. The molecule has 0 radical (unpaired) electrons. The van der Waals surface area contributed by atoms with Crippen molar-refractivity contribution in [2.45, 2.75) is 30.7 Å². The van der Waals surface area contributed by atoms with E-state index in [1.807, 2.05) is 0 Å². The highest BCUT2D eigenvalue weighted by atomic mass is 19.1. The zero-order valence-corrected chi connectivity index (χ0v) is 10.9. The lowest BCUT2D eigenvalue weighted by atomic mass is 10.1. The summed E-state index contributed by atoms with van der Waals surface area (Å²) >= 11 is 0. The molecule has 2 heterocycles. The van der Waals surface area contributed by atoms with Crippen LogP contribution in [0.1, 0.15) is 18.0 Å². The molecule has 1 aromatic rings. The predicted octanol–water partition coefficient (Wildman–Crippen LogP) is -2.76. The SMILES string of the molecule is O=C(O)C(F)c1cn([C@@H]2O[C@H](CO)[C@@H](O)[C@H]2O)c(=O)[nH]c1=O. The number of halogens is 1. The van der Waals surface area contributed by atoms with Crippen LogP contribution in [0.2, 0.25) is 0 Å². The molecule has 0 spiro atoms. The normalized spacial score (nSPS) is 29.5. The maximum Gasteiger partial charge on any atom is 0.343 e. The quantitative estimate of drug-likeness (QED) is 0.398. The van der Waals surface area contributed by atoms with E-state index in [0.717, 1.165) is 0 Å². The molecule has 5 atom stereocenters. The number of nitrogens with one attached hydrogen (secondary N) is 1. The lowest BCUT2D eigenvalue weighted by Gasteiger charge is -2.18. The van der Waals surface area contributed by atoms with Crippen molar-refractivity contribution in [2.24, 2.45) is 0 Å². The van der Waals surface area contributed by atoms with Crippen molar-refractivity contribution in [2.75, 3.05) is 6.61 Å². The van der Waals surface area contributed by atoms with Gasteiger partial charge in [-0.3, -0.25) is 14.3 Å². The van der Waals surface area contributed by atoms with Crippen LogP contribution in [0.4, 0.5) is 4.39 Å². The lowest BCUT2D eigenvalue weighted by molar-refractivity contribution is -0.143. The van der Waals surface area contributed by atoms with Crippen LogP contribution in [0.15, 0.2) is 15.8 Å². The van der Waals surface area contributed by atoms with Crippen LogP contribution in [0, 0.1) is 0 Å². The van der Waals surface area contributed by atoms with Crippen LogP contribution < -0.4 is 11.2 Å². The number of alkyl halides is 1. The van der Waals surface area contributed by atoms with Crippen LogP contribution in [-0.2, 0) is 9.53 Å². The third-order valence-corrected chi connectivity index (χ3v) is 3.28. The van der Waals surface area contributed by atoms with Gasteiger partial charge >= 0.3 is 11.7 Å². The number of aliphatic carboxylic acids is 1. The van der Waals surface area contributed by atoms with E-state index >= 15 is 0 Å². The molecule has 0 aromatic carbocycles. The molecule has 0 aliphatic carbocycles. The van der Waals surface area contributed by atoms with Crippen molar-refractivity contribution in [3.63, 3.8) is 0 Å². The third kappa shape index (κ3) is 2.66. The average molecular weight is 320 g/mol. The van der Waals surface area contributed by atoms with Gasteiger partial charge in [0.15, 0.2) is 6.23 Å². The number of carboxylic acid groups (broad SMARTS) is 1. The van der Waals surface area contributed by atoms with Gasteiger partial charge in [-0.1, -0.05) is 0 Å². The minimum atomic E-state index is -2.69. The van der Waals surface area contributed by atoms with Gasteiger partial charge in [0, 0.05) is 6.20 Å². The van der Waals surface area contributed by atoms with Gasteiger partial charge in [0.2, 0.25) is 6.17 Å². The zero-order valence-electron chi connectivity index (χ0n) is 10.9. The Morgan fingerprint density at radius 1 is 1.41 bits per heavy atom. The van der Waals surface area contributed by atoms with E-state index in [9.17, 15) is 29.0 Å². The number of carbonyl (C=O) groups is 1. The fourth-order valence-electron chi connectivity index (χ4n) is 2.11. The van der Waals surface area contributed by atoms with E-state index in [0.29, 0.717) is 10.8 Å². The summed E-state index contributed by atoms with van der Waals surface area (Å²) in [5, 5.41) is 37.0. The smallest absolute Gasteiger partial charge is 0.343 e. The molecule has 0 amide bonds. The molecule has 122 valence electrons. The van der Waals surface area contributed by atoms with Crippen molar-refractivity contribution >= 4 is 5.97 Å². The third-order valence-electron chi connectivity index (χ3n) is 3.28. The van der Waals surface area contributed by atoms with Gasteiger partial charge in [-0.25, -0.2) is 14.0 Å².